The van der Waals surface area contributed by atoms with Gasteiger partial charge in [-0.25, -0.2) is 0 Å². The van der Waals surface area contributed by atoms with Crippen molar-refractivity contribution in [3.8, 4) is 11.5 Å². The molecule has 0 unspecified atom stereocenters. The average molecular weight is 354 g/mol. The number of esters is 1. The Morgan fingerprint density at radius 2 is 2.14 bits per heavy atom. The molecule has 1 heterocycles. The maximum absolute atomic E-state index is 11.3. The number of aromatic nitrogens is 2. The highest BCUT2D eigenvalue weighted by Crippen LogP contribution is 2.26. The lowest BCUT2D eigenvalue weighted by atomic mass is 10.2. The minimum Gasteiger partial charge on any atom is -0.468 e. The van der Waals surface area contributed by atoms with Gasteiger partial charge in [0.25, 0.3) is 0 Å². The summed E-state index contributed by atoms with van der Waals surface area (Å²) in [7, 11) is 1.37. The molecule has 0 bridgehead atoms. The Kier molecular flexibility index (Phi) is 5.46. The number of hydrogen-bond acceptors (Lipinski definition) is 6. The van der Waals surface area contributed by atoms with Crippen LogP contribution in [-0.2, 0) is 16.1 Å². The van der Waals surface area contributed by atoms with Crippen LogP contribution in [0.15, 0.2) is 33.2 Å². The number of likely N-dealkylation sites (N-methyl/N-ethyl adjacent to an activating group) is 1. The molecule has 0 saturated carbocycles. The van der Waals surface area contributed by atoms with Gasteiger partial charge in [-0.1, -0.05) is 19.1 Å². The van der Waals surface area contributed by atoms with Gasteiger partial charge in [-0.3, -0.25) is 9.69 Å². The van der Waals surface area contributed by atoms with E-state index in [1.807, 2.05) is 36.1 Å². The smallest absolute Gasteiger partial charge is 0.319 e. The summed E-state index contributed by atoms with van der Waals surface area (Å²) < 4.78 is 11.2. The maximum Gasteiger partial charge on any atom is 0.319 e. The lowest BCUT2D eigenvalue weighted by molar-refractivity contribution is -0.142. The van der Waals surface area contributed by atoms with E-state index in [4.69, 9.17) is 4.42 Å². The quantitative estimate of drug-likeness (QED) is 0.743. The van der Waals surface area contributed by atoms with Crippen LogP contribution in [0, 0.1) is 0 Å². The number of carbonyl (C=O) groups excluding carboxylic acids is 1. The van der Waals surface area contributed by atoms with Crippen LogP contribution in [0.1, 0.15) is 12.8 Å². The van der Waals surface area contributed by atoms with Crippen molar-refractivity contribution in [2.24, 2.45) is 0 Å². The molecule has 0 N–H and O–H groups in total. The van der Waals surface area contributed by atoms with Gasteiger partial charge in [-0.05, 0) is 34.6 Å². The topological polar surface area (TPSA) is 68.5 Å². The van der Waals surface area contributed by atoms with Crippen molar-refractivity contribution in [3.63, 3.8) is 0 Å². The highest BCUT2D eigenvalue weighted by Gasteiger charge is 2.15. The van der Waals surface area contributed by atoms with Crippen LogP contribution in [-0.4, -0.2) is 41.3 Å². The van der Waals surface area contributed by atoms with E-state index in [2.05, 4.69) is 30.9 Å². The monoisotopic (exact) mass is 353 g/mol. The van der Waals surface area contributed by atoms with Gasteiger partial charge in [0.05, 0.1) is 25.8 Å². The Morgan fingerprint density at radius 3 is 2.81 bits per heavy atom. The normalized spacial score (nSPS) is 10.9. The molecule has 2 rings (SSSR count). The van der Waals surface area contributed by atoms with Crippen molar-refractivity contribution < 1.29 is 13.9 Å². The number of halogens is 1. The summed E-state index contributed by atoms with van der Waals surface area (Å²) in [5.74, 6) is 0.625. The van der Waals surface area contributed by atoms with Crippen molar-refractivity contribution >= 4 is 21.9 Å². The van der Waals surface area contributed by atoms with E-state index in [1.54, 1.807) is 0 Å². The third-order valence-electron chi connectivity index (χ3n) is 2.96. The number of benzene rings is 1. The zero-order chi connectivity index (χ0) is 15.2. The average Bonchev–Trinajstić information content (AvgIpc) is 2.95. The summed E-state index contributed by atoms with van der Waals surface area (Å²) in [6.07, 6.45) is 0. The highest BCUT2D eigenvalue weighted by atomic mass is 79.9. The first kappa shape index (κ1) is 15.7. The predicted octanol–water partition coefficient (Wildman–Crippen LogP) is 2.49. The van der Waals surface area contributed by atoms with E-state index in [9.17, 15) is 4.79 Å². The number of hydrogen-bond donors (Lipinski definition) is 0. The number of carbonyl (C=O) groups is 1. The Bertz CT molecular complexity index is 615. The summed E-state index contributed by atoms with van der Waals surface area (Å²) >= 11 is 3.45. The fourth-order valence-electron chi connectivity index (χ4n) is 1.78. The van der Waals surface area contributed by atoms with Crippen LogP contribution >= 0.6 is 15.9 Å². The summed E-state index contributed by atoms with van der Waals surface area (Å²) in [5.41, 5.74) is 0.840. The number of rotatable bonds is 6. The lowest BCUT2D eigenvalue weighted by Crippen LogP contribution is -2.30. The Labute approximate surface area is 131 Å². The third kappa shape index (κ3) is 4.12. The van der Waals surface area contributed by atoms with Gasteiger partial charge in [0.15, 0.2) is 0 Å². The minimum atomic E-state index is -0.289. The molecule has 21 heavy (non-hydrogen) atoms. The van der Waals surface area contributed by atoms with E-state index < -0.39 is 0 Å². The second-order valence-electron chi connectivity index (χ2n) is 4.36. The van der Waals surface area contributed by atoms with Crippen LogP contribution in [0.4, 0.5) is 0 Å². The fraction of sp³-hybridized carbons (Fsp3) is 0.357. The highest BCUT2D eigenvalue weighted by molar-refractivity contribution is 9.10. The minimum absolute atomic E-state index is 0.194. The first-order chi connectivity index (χ1) is 10.1. The summed E-state index contributed by atoms with van der Waals surface area (Å²) in [6, 6.07) is 7.63. The third-order valence-corrected chi connectivity index (χ3v) is 3.65. The molecule has 112 valence electrons. The van der Waals surface area contributed by atoms with Gasteiger partial charge in [-0.2, -0.15) is 0 Å². The van der Waals surface area contributed by atoms with Crippen molar-refractivity contribution in [2.75, 3.05) is 20.2 Å². The van der Waals surface area contributed by atoms with Gasteiger partial charge in [-0.15, -0.1) is 10.2 Å². The molecular formula is C14H16BrN3O3. The molecule has 0 fully saturated rings. The molecule has 6 nitrogen and oxygen atoms in total. The maximum atomic E-state index is 11.3. The van der Waals surface area contributed by atoms with Gasteiger partial charge >= 0.3 is 5.97 Å². The number of nitrogens with zero attached hydrogens (tertiary/aromatic N) is 3. The standard InChI is InChI=1S/C14H16BrN3O3/c1-3-18(9-13(19)20-2)8-12-16-17-14(21-12)10-6-4-5-7-11(10)15/h4-7H,3,8-9H2,1-2H3. The Morgan fingerprint density at radius 1 is 1.38 bits per heavy atom. The summed E-state index contributed by atoms with van der Waals surface area (Å²) in [5, 5.41) is 8.07. The van der Waals surface area contributed by atoms with Gasteiger partial charge in [0.1, 0.15) is 0 Å². The predicted molar refractivity (Wildman–Crippen MR) is 80.4 cm³/mol. The van der Waals surface area contributed by atoms with Crippen LogP contribution in [0.5, 0.6) is 0 Å². The lowest BCUT2D eigenvalue weighted by Gasteiger charge is -2.16. The molecule has 0 spiro atoms. The molecule has 0 aliphatic carbocycles. The molecule has 0 radical (unpaired) electrons. The van der Waals surface area contributed by atoms with E-state index in [-0.39, 0.29) is 12.5 Å². The molecular weight excluding hydrogens is 338 g/mol. The summed E-state index contributed by atoms with van der Waals surface area (Å²) in [6.45, 7) is 3.23. The molecule has 1 aromatic carbocycles. The molecule has 0 saturated heterocycles. The summed E-state index contributed by atoms with van der Waals surface area (Å²) in [4.78, 5) is 13.2. The molecule has 0 amide bonds. The molecule has 0 atom stereocenters. The second kappa shape index (κ2) is 7.33. The van der Waals surface area contributed by atoms with E-state index in [0.717, 1.165) is 10.0 Å². The van der Waals surface area contributed by atoms with Crippen LogP contribution in [0.25, 0.3) is 11.5 Å². The number of methoxy groups -OCH3 is 1. The second-order valence-corrected chi connectivity index (χ2v) is 5.21. The van der Waals surface area contributed by atoms with E-state index >= 15 is 0 Å². The van der Waals surface area contributed by atoms with Crippen molar-refractivity contribution in [3.05, 3.63) is 34.6 Å². The van der Waals surface area contributed by atoms with E-state index in [1.165, 1.54) is 7.11 Å². The van der Waals surface area contributed by atoms with Crippen LogP contribution in [0.3, 0.4) is 0 Å². The zero-order valence-corrected chi connectivity index (χ0v) is 13.5. The molecule has 2 aromatic rings. The Hall–Kier alpha value is -1.73. The largest absolute Gasteiger partial charge is 0.468 e. The van der Waals surface area contributed by atoms with Gasteiger partial charge in [0, 0.05) is 4.47 Å². The van der Waals surface area contributed by atoms with Gasteiger partial charge < -0.3 is 9.15 Å². The first-order valence-electron chi connectivity index (χ1n) is 6.50. The zero-order valence-electron chi connectivity index (χ0n) is 11.9. The van der Waals surface area contributed by atoms with Crippen molar-refractivity contribution in [2.45, 2.75) is 13.5 Å². The first-order valence-corrected chi connectivity index (χ1v) is 7.29. The van der Waals surface area contributed by atoms with E-state index in [0.29, 0.717) is 24.9 Å². The molecule has 7 heteroatoms. The fourth-order valence-corrected chi connectivity index (χ4v) is 2.23. The molecule has 0 aliphatic rings. The van der Waals surface area contributed by atoms with Crippen LogP contribution < -0.4 is 0 Å². The number of ether oxygens (including phenoxy) is 1. The van der Waals surface area contributed by atoms with Crippen molar-refractivity contribution in [1.29, 1.82) is 0 Å². The molecule has 1 aromatic heterocycles. The van der Waals surface area contributed by atoms with Crippen molar-refractivity contribution in [1.82, 2.24) is 15.1 Å². The van der Waals surface area contributed by atoms with Crippen LogP contribution in [0.2, 0.25) is 0 Å². The van der Waals surface area contributed by atoms with Gasteiger partial charge in [0.2, 0.25) is 11.8 Å². The Balaban J connectivity index is 2.09. The SMILES string of the molecule is CCN(CC(=O)OC)Cc1nnc(-c2ccccc2Br)o1. The molecule has 0 aliphatic heterocycles.